The zero-order chi connectivity index (χ0) is 32.8. The number of methoxy groups -OCH3 is 1. The number of hydrogen-bond donors (Lipinski definition) is 1. The fraction of sp³-hybridized carbons (Fsp3) is 0.306. The van der Waals surface area contributed by atoms with Crippen LogP contribution in [0.25, 0.3) is 26.4 Å². The van der Waals surface area contributed by atoms with Crippen molar-refractivity contribution in [2.75, 3.05) is 20.2 Å². The zero-order valence-electron chi connectivity index (χ0n) is 26.3. The van der Waals surface area contributed by atoms with Crippen LogP contribution in [0.1, 0.15) is 48.8 Å². The van der Waals surface area contributed by atoms with Crippen molar-refractivity contribution in [3.8, 4) is 33.1 Å². The predicted octanol–water partition coefficient (Wildman–Crippen LogP) is 8.49. The van der Waals surface area contributed by atoms with E-state index in [4.69, 9.17) is 20.8 Å². The Bertz CT molecular complexity index is 1750. The van der Waals surface area contributed by atoms with E-state index in [1.54, 1.807) is 24.1 Å². The second-order valence-corrected chi connectivity index (χ2v) is 13.0. The molecular formula is C36H36FN3O5S. The Morgan fingerprint density at radius 3 is 2.37 bits per heavy atom. The number of piperidine rings is 1. The molecule has 1 saturated heterocycles. The molecule has 1 fully saturated rings. The number of amides is 2. The molecule has 8 nitrogen and oxygen atoms in total. The van der Waals surface area contributed by atoms with Crippen molar-refractivity contribution in [2.45, 2.75) is 51.9 Å². The van der Waals surface area contributed by atoms with Gasteiger partial charge in [-0.1, -0.05) is 42.5 Å². The second kappa shape index (κ2) is 14.0. The lowest BCUT2D eigenvalue weighted by molar-refractivity contribution is 0.0474. The molecule has 4 aromatic rings. The number of hydrogen-bond acceptors (Lipinski definition) is 6. The first-order chi connectivity index (χ1) is 22.0. The van der Waals surface area contributed by atoms with Gasteiger partial charge in [-0.25, -0.2) is 14.0 Å². The zero-order valence-corrected chi connectivity index (χ0v) is 27.1. The maximum Gasteiger partial charge on any atom is 0.407 e. The van der Waals surface area contributed by atoms with Crippen LogP contribution >= 0.6 is 11.3 Å². The van der Waals surface area contributed by atoms with Crippen molar-refractivity contribution < 1.29 is 28.2 Å². The van der Waals surface area contributed by atoms with E-state index in [1.165, 1.54) is 23.5 Å². The van der Waals surface area contributed by atoms with Gasteiger partial charge in [-0.2, -0.15) is 0 Å². The van der Waals surface area contributed by atoms with Gasteiger partial charge in [0.1, 0.15) is 18.0 Å². The second-order valence-electron chi connectivity index (χ2n) is 12.0. The lowest BCUT2D eigenvalue weighted by atomic mass is 10.0. The molecule has 0 bridgehead atoms. The molecule has 0 spiro atoms. The molecule has 10 heteroatoms. The highest BCUT2D eigenvalue weighted by Gasteiger charge is 2.28. The number of nitrogens with one attached hydrogen (secondary N) is 1. The SMILES string of the molecule is [C-]#[N+]c1ccc(-c2cc(C(=O)N3CCC(NC(=O)OC(C)(C)C)CC3)sc2-c2ccc(OC)c(OCc3ccccc3)c2)cc1F. The molecule has 1 aliphatic heterocycles. The molecule has 3 aromatic carbocycles. The molecule has 46 heavy (non-hydrogen) atoms. The summed E-state index contributed by atoms with van der Waals surface area (Å²) in [5.74, 6) is 0.328. The molecule has 2 heterocycles. The minimum Gasteiger partial charge on any atom is -0.493 e. The van der Waals surface area contributed by atoms with Crippen molar-refractivity contribution in [3.63, 3.8) is 0 Å². The number of rotatable bonds is 8. The number of thiophene rings is 1. The summed E-state index contributed by atoms with van der Waals surface area (Å²) in [5, 5.41) is 2.91. The van der Waals surface area contributed by atoms with Gasteiger partial charge in [0.2, 0.25) is 5.69 Å². The number of likely N-dealkylation sites (tertiary alicyclic amines) is 1. The maximum absolute atomic E-state index is 14.8. The van der Waals surface area contributed by atoms with Gasteiger partial charge in [-0.05, 0) is 80.6 Å². The topological polar surface area (TPSA) is 81.5 Å². The van der Waals surface area contributed by atoms with E-state index < -0.39 is 17.5 Å². The Balaban J connectivity index is 1.42. The van der Waals surface area contributed by atoms with Crippen LogP contribution in [0.15, 0.2) is 72.8 Å². The molecule has 1 N–H and O–H groups in total. The molecule has 5 rings (SSSR count). The van der Waals surface area contributed by atoms with Crippen LogP contribution in [0, 0.1) is 12.4 Å². The summed E-state index contributed by atoms with van der Waals surface area (Å²) in [6.07, 6.45) is 0.729. The van der Waals surface area contributed by atoms with Gasteiger partial charge in [0, 0.05) is 29.6 Å². The van der Waals surface area contributed by atoms with E-state index in [0.29, 0.717) is 60.0 Å². The van der Waals surface area contributed by atoms with Gasteiger partial charge >= 0.3 is 6.09 Å². The van der Waals surface area contributed by atoms with E-state index in [-0.39, 0.29) is 17.6 Å². The van der Waals surface area contributed by atoms with Crippen LogP contribution in [0.4, 0.5) is 14.9 Å². The molecular weight excluding hydrogens is 605 g/mol. The molecule has 0 radical (unpaired) electrons. The molecule has 238 valence electrons. The fourth-order valence-corrected chi connectivity index (χ4v) is 6.36. The Morgan fingerprint density at radius 1 is 1.00 bits per heavy atom. The third-order valence-corrected chi connectivity index (χ3v) is 8.66. The average Bonchev–Trinajstić information content (AvgIpc) is 3.49. The van der Waals surface area contributed by atoms with E-state index in [0.717, 1.165) is 16.0 Å². The number of benzene rings is 3. The summed E-state index contributed by atoms with van der Waals surface area (Å²) in [5.41, 5.74) is 2.34. The normalized spacial score (nSPS) is 13.5. The highest BCUT2D eigenvalue weighted by atomic mass is 32.1. The first kappa shape index (κ1) is 32.5. The number of carbonyl (C=O) groups excluding carboxylic acids is 2. The van der Waals surface area contributed by atoms with E-state index >= 15 is 0 Å². The largest absolute Gasteiger partial charge is 0.493 e. The highest BCUT2D eigenvalue weighted by molar-refractivity contribution is 7.18. The molecule has 2 amide bonds. The average molecular weight is 642 g/mol. The van der Waals surface area contributed by atoms with Gasteiger partial charge < -0.3 is 24.4 Å². The minimum absolute atomic E-state index is 0.0688. The van der Waals surface area contributed by atoms with E-state index in [1.807, 2.05) is 69.3 Å². The van der Waals surface area contributed by atoms with Crippen LogP contribution in [0.5, 0.6) is 11.5 Å². The molecule has 0 unspecified atom stereocenters. The van der Waals surface area contributed by atoms with Gasteiger partial charge in [0.15, 0.2) is 11.5 Å². The minimum atomic E-state index is -0.626. The van der Waals surface area contributed by atoms with E-state index in [9.17, 15) is 14.0 Å². The standard InChI is InChI=1S/C36H36FN3O5S/c1-36(2,3)45-35(42)39-26-15-17-40(18-16-26)34(41)32-21-27(24-11-13-29(38-4)28(37)19-24)33(46-32)25-12-14-30(43-5)31(20-25)44-22-23-9-7-6-8-10-23/h6-14,19-21,26H,15-18,22H2,1-3,5H3,(H,39,42). The van der Waals surface area contributed by atoms with Crippen LogP contribution in [0.3, 0.4) is 0 Å². The highest BCUT2D eigenvalue weighted by Crippen LogP contribution is 2.43. The summed E-state index contributed by atoms with van der Waals surface area (Å²) in [6.45, 7) is 14.0. The smallest absolute Gasteiger partial charge is 0.407 e. The lowest BCUT2D eigenvalue weighted by Gasteiger charge is -2.32. The van der Waals surface area contributed by atoms with Gasteiger partial charge in [-0.15, -0.1) is 11.3 Å². The van der Waals surface area contributed by atoms with Crippen LogP contribution in [0.2, 0.25) is 0 Å². The number of alkyl carbamates (subject to hydrolysis) is 1. The van der Waals surface area contributed by atoms with Gasteiger partial charge in [-0.3, -0.25) is 4.79 Å². The van der Waals surface area contributed by atoms with Crippen molar-refractivity contribution >= 4 is 29.0 Å². The van der Waals surface area contributed by atoms with Crippen molar-refractivity contribution in [1.29, 1.82) is 0 Å². The third-order valence-electron chi connectivity index (χ3n) is 7.49. The first-order valence-corrected chi connectivity index (χ1v) is 15.8. The summed E-state index contributed by atoms with van der Waals surface area (Å²) < 4.78 is 31.9. The number of ether oxygens (including phenoxy) is 3. The Morgan fingerprint density at radius 2 is 1.72 bits per heavy atom. The van der Waals surface area contributed by atoms with Crippen molar-refractivity contribution in [1.82, 2.24) is 10.2 Å². The van der Waals surface area contributed by atoms with Crippen LogP contribution in [-0.4, -0.2) is 48.7 Å². The fourth-order valence-electron chi connectivity index (χ4n) is 5.21. The van der Waals surface area contributed by atoms with Gasteiger partial charge in [0.25, 0.3) is 5.91 Å². The molecule has 1 aliphatic rings. The molecule has 0 aliphatic carbocycles. The van der Waals surface area contributed by atoms with Gasteiger partial charge in [0.05, 0.1) is 18.6 Å². The Hall–Kier alpha value is -4.88. The van der Waals surface area contributed by atoms with Crippen LogP contribution in [-0.2, 0) is 11.3 Å². The molecule has 0 atom stereocenters. The molecule has 0 saturated carbocycles. The number of nitrogens with zero attached hydrogens (tertiary/aromatic N) is 2. The maximum atomic E-state index is 14.8. The van der Waals surface area contributed by atoms with E-state index in [2.05, 4.69) is 10.2 Å². The Kier molecular flexibility index (Phi) is 9.93. The summed E-state index contributed by atoms with van der Waals surface area (Å²) in [4.78, 5) is 32.3. The predicted molar refractivity (Wildman–Crippen MR) is 177 cm³/mol. The Labute approximate surface area is 272 Å². The first-order valence-electron chi connectivity index (χ1n) is 15.0. The van der Waals surface area contributed by atoms with Crippen LogP contribution < -0.4 is 14.8 Å². The van der Waals surface area contributed by atoms with Crippen molar-refractivity contribution in [3.05, 3.63) is 100 Å². The number of carbonyl (C=O) groups is 2. The third kappa shape index (κ3) is 7.85. The lowest BCUT2D eigenvalue weighted by Crippen LogP contribution is -2.47. The van der Waals surface area contributed by atoms with Crippen molar-refractivity contribution in [2.24, 2.45) is 0 Å². The summed E-state index contributed by atoms with van der Waals surface area (Å²) >= 11 is 1.32. The number of halogens is 1. The monoisotopic (exact) mass is 641 g/mol. The summed E-state index contributed by atoms with van der Waals surface area (Å²) in [6, 6.07) is 21.5. The summed E-state index contributed by atoms with van der Waals surface area (Å²) in [7, 11) is 1.58. The quantitative estimate of drug-likeness (QED) is 0.195. The molecule has 1 aromatic heterocycles.